The molecule has 0 radical (unpaired) electrons. The lowest BCUT2D eigenvalue weighted by atomic mass is 9.87. The Hall–Kier alpha value is -3.43. The molecule has 0 unspecified atom stereocenters. The number of hydrogen-bond acceptors (Lipinski definition) is 4. The molecule has 2 aromatic carbocycles. The van der Waals surface area contributed by atoms with Gasteiger partial charge >= 0.3 is 5.97 Å². The van der Waals surface area contributed by atoms with E-state index in [1.54, 1.807) is 6.20 Å². The summed E-state index contributed by atoms with van der Waals surface area (Å²) >= 11 is 6.50. The highest BCUT2D eigenvalue weighted by Gasteiger charge is 2.39. The van der Waals surface area contributed by atoms with E-state index in [0.717, 1.165) is 23.7 Å². The van der Waals surface area contributed by atoms with Crippen molar-refractivity contribution < 1.29 is 28.6 Å². The lowest BCUT2D eigenvalue weighted by Gasteiger charge is -2.34. The van der Waals surface area contributed by atoms with Crippen molar-refractivity contribution in [3.05, 3.63) is 64.6 Å². The molecule has 2 atom stereocenters. The van der Waals surface area contributed by atoms with Gasteiger partial charge in [-0.15, -0.1) is 0 Å². The average molecular weight is 612 g/mol. The van der Waals surface area contributed by atoms with Gasteiger partial charge in [-0.05, 0) is 68.2 Å². The number of amides is 2. The van der Waals surface area contributed by atoms with Gasteiger partial charge < -0.3 is 24.6 Å². The zero-order valence-electron chi connectivity index (χ0n) is 24.8. The first-order valence-corrected chi connectivity index (χ1v) is 15.4. The summed E-state index contributed by atoms with van der Waals surface area (Å²) < 4.78 is 23.4. The van der Waals surface area contributed by atoms with Crippen molar-refractivity contribution in [3.63, 3.8) is 0 Å². The molecule has 1 saturated heterocycles. The van der Waals surface area contributed by atoms with Crippen molar-refractivity contribution in [2.24, 2.45) is 18.9 Å². The van der Waals surface area contributed by atoms with Crippen molar-refractivity contribution in [2.45, 2.75) is 77.0 Å². The number of nitrogens with zero attached hydrogens (tertiary/aromatic N) is 2. The fraction of sp³-hybridized carbons (Fsp3) is 0.485. The van der Waals surface area contributed by atoms with E-state index in [9.17, 15) is 19.5 Å². The van der Waals surface area contributed by atoms with E-state index in [0.29, 0.717) is 37.9 Å². The van der Waals surface area contributed by atoms with Gasteiger partial charge in [0.2, 0.25) is 5.91 Å². The number of carboxylic acid groups (broad SMARTS) is 1. The number of carboxylic acids is 1. The number of rotatable bonds is 9. The molecule has 0 bridgehead atoms. The van der Waals surface area contributed by atoms with Gasteiger partial charge in [-0.25, -0.2) is 4.39 Å². The van der Waals surface area contributed by atoms with Gasteiger partial charge in [0.15, 0.2) is 0 Å². The van der Waals surface area contributed by atoms with Crippen molar-refractivity contribution >= 4 is 46.0 Å². The average Bonchev–Trinajstić information content (AvgIpc) is 3.56. The Morgan fingerprint density at radius 3 is 2.51 bits per heavy atom. The number of carbonyl (C=O) groups excluding carboxylic acids is 2. The third kappa shape index (κ3) is 6.73. The van der Waals surface area contributed by atoms with Crippen LogP contribution in [0.25, 0.3) is 10.9 Å². The minimum absolute atomic E-state index is 0.0152. The van der Waals surface area contributed by atoms with Gasteiger partial charge in [0.1, 0.15) is 5.82 Å². The second-order valence-electron chi connectivity index (χ2n) is 12.2. The number of anilines is 1. The highest BCUT2D eigenvalue weighted by molar-refractivity contribution is 6.34. The van der Waals surface area contributed by atoms with E-state index in [4.69, 9.17) is 16.3 Å². The van der Waals surface area contributed by atoms with E-state index in [1.165, 1.54) is 12.1 Å². The zero-order chi connectivity index (χ0) is 30.8. The van der Waals surface area contributed by atoms with Gasteiger partial charge in [-0.3, -0.25) is 14.4 Å². The fourth-order valence-electron chi connectivity index (χ4n) is 6.63. The van der Waals surface area contributed by atoms with Crippen LogP contribution in [0.5, 0.6) is 0 Å². The Kier molecular flexibility index (Phi) is 9.42. The van der Waals surface area contributed by atoms with Crippen LogP contribution in [0, 0.1) is 17.7 Å². The maximum atomic E-state index is 15.4. The molecule has 3 aromatic rings. The van der Waals surface area contributed by atoms with E-state index < -0.39 is 17.7 Å². The first-order chi connectivity index (χ1) is 20.5. The fourth-order valence-corrected chi connectivity index (χ4v) is 6.86. The van der Waals surface area contributed by atoms with Crippen LogP contribution >= 0.6 is 11.6 Å². The normalized spacial score (nSPS) is 22.3. The molecule has 8 nitrogen and oxygen atoms in total. The number of nitrogens with one attached hydrogen (secondary N) is 1. The summed E-state index contributed by atoms with van der Waals surface area (Å²) in [7, 11) is 1.85. The molecule has 1 aliphatic carbocycles. The molecule has 2 amide bonds. The van der Waals surface area contributed by atoms with Crippen LogP contribution in [0.3, 0.4) is 0 Å². The summed E-state index contributed by atoms with van der Waals surface area (Å²) in [6.45, 7) is 4.53. The van der Waals surface area contributed by atoms with E-state index in [-0.39, 0.29) is 58.6 Å². The quantitative estimate of drug-likeness (QED) is 0.290. The number of aliphatic carboxylic acids is 1. The molecule has 5 rings (SSSR count). The molecule has 1 aromatic heterocycles. The number of aryl methyl sites for hydroxylation is 1. The highest BCUT2D eigenvalue weighted by atomic mass is 35.5. The Labute approximate surface area is 256 Å². The molecule has 0 spiro atoms. The highest BCUT2D eigenvalue weighted by Crippen LogP contribution is 2.33. The first kappa shape index (κ1) is 31.0. The van der Waals surface area contributed by atoms with Crippen molar-refractivity contribution in [3.8, 4) is 0 Å². The third-order valence-corrected chi connectivity index (χ3v) is 9.33. The van der Waals surface area contributed by atoms with E-state index >= 15 is 4.39 Å². The van der Waals surface area contributed by atoms with E-state index in [2.05, 4.69) is 19.2 Å². The molecular formula is C33H39ClFN3O5. The van der Waals surface area contributed by atoms with E-state index in [1.807, 2.05) is 40.8 Å². The Morgan fingerprint density at radius 1 is 1.09 bits per heavy atom. The lowest BCUT2D eigenvalue weighted by Crippen LogP contribution is -2.46. The van der Waals surface area contributed by atoms with Crippen LogP contribution < -0.4 is 5.32 Å². The number of halogens is 2. The number of benzene rings is 2. The third-order valence-electron chi connectivity index (χ3n) is 9.02. The number of hydrogen-bond donors (Lipinski definition) is 2. The standard InChI is InChI=1S/C33H39ClFN3O5/c1-19(2)29-13-10-22(18-43-23-11-8-20(9-12-23)33(41)42)38(29)31(39)15-21-14-26(34)28(16-27(21)35)36-32(40)25-17-37(3)30-7-5-4-6-24(25)30/h4-7,14,16-17,19-20,22-23,29H,8-13,15,18H2,1-3H3,(H,36,40)(H,41,42)/t20?,22-,23?,29+/m0/s1. The summed E-state index contributed by atoms with van der Waals surface area (Å²) in [6.07, 6.45) is 5.76. The van der Waals surface area contributed by atoms with Gasteiger partial charge in [0.05, 0.1) is 47.4 Å². The minimum atomic E-state index is -0.752. The summed E-state index contributed by atoms with van der Waals surface area (Å²) in [5.74, 6) is -2.05. The summed E-state index contributed by atoms with van der Waals surface area (Å²) in [5, 5.41) is 12.9. The molecule has 1 aliphatic heterocycles. The predicted octanol–water partition coefficient (Wildman–Crippen LogP) is 6.44. The summed E-state index contributed by atoms with van der Waals surface area (Å²) in [4.78, 5) is 39.9. The Bertz CT molecular complexity index is 1510. The number of likely N-dealkylation sites (tertiary alicyclic amines) is 1. The molecule has 2 fully saturated rings. The van der Waals surface area contributed by atoms with Crippen molar-refractivity contribution in [1.29, 1.82) is 0 Å². The van der Waals surface area contributed by atoms with Gasteiger partial charge in [0, 0.05) is 30.2 Å². The second-order valence-corrected chi connectivity index (χ2v) is 12.6. The predicted molar refractivity (Wildman–Crippen MR) is 164 cm³/mol. The molecule has 1 saturated carbocycles. The topological polar surface area (TPSA) is 101 Å². The van der Waals surface area contributed by atoms with Crippen LogP contribution in [-0.4, -0.2) is 57.2 Å². The van der Waals surface area contributed by atoms with Crippen LogP contribution in [0.4, 0.5) is 10.1 Å². The molecule has 2 N–H and O–H groups in total. The monoisotopic (exact) mass is 611 g/mol. The zero-order valence-corrected chi connectivity index (χ0v) is 25.6. The molecule has 2 heterocycles. The number of para-hydroxylation sites is 1. The van der Waals surface area contributed by atoms with Crippen molar-refractivity contribution in [2.75, 3.05) is 11.9 Å². The number of aromatic nitrogens is 1. The summed E-state index contributed by atoms with van der Waals surface area (Å²) in [6, 6.07) is 9.99. The van der Waals surface area contributed by atoms with Gasteiger partial charge in [0.25, 0.3) is 5.91 Å². The Morgan fingerprint density at radius 2 is 1.81 bits per heavy atom. The van der Waals surface area contributed by atoms with Crippen molar-refractivity contribution in [1.82, 2.24) is 9.47 Å². The number of carbonyl (C=O) groups is 3. The Balaban J connectivity index is 1.26. The summed E-state index contributed by atoms with van der Waals surface area (Å²) in [5.41, 5.74) is 1.65. The minimum Gasteiger partial charge on any atom is -0.481 e. The molecule has 43 heavy (non-hydrogen) atoms. The molecule has 10 heteroatoms. The molecular weight excluding hydrogens is 573 g/mol. The number of ether oxygens (including phenoxy) is 1. The number of fused-ring (bicyclic) bond motifs is 1. The van der Waals surface area contributed by atoms with Crippen LogP contribution in [0.1, 0.15) is 68.3 Å². The second kappa shape index (κ2) is 13.1. The first-order valence-electron chi connectivity index (χ1n) is 15.0. The lowest BCUT2D eigenvalue weighted by molar-refractivity contribution is -0.144. The maximum Gasteiger partial charge on any atom is 0.306 e. The van der Waals surface area contributed by atoms with Crippen LogP contribution in [0.15, 0.2) is 42.6 Å². The molecule has 2 aliphatic rings. The van der Waals surface area contributed by atoms with Gasteiger partial charge in [-0.1, -0.05) is 43.6 Å². The smallest absolute Gasteiger partial charge is 0.306 e. The van der Waals surface area contributed by atoms with Crippen LogP contribution in [0.2, 0.25) is 5.02 Å². The van der Waals surface area contributed by atoms with Gasteiger partial charge in [-0.2, -0.15) is 0 Å². The van der Waals surface area contributed by atoms with Crippen LogP contribution in [-0.2, 0) is 27.8 Å². The molecule has 230 valence electrons. The SMILES string of the molecule is CC(C)[C@H]1CC[C@@H](COC2CCC(C(=O)O)CC2)N1C(=O)Cc1cc(Cl)c(NC(=O)c2cn(C)c3ccccc23)cc1F. The maximum absolute atomic E-state index is 15.4. The largest absolute Gasteiger partial charge is 0.481 e.